The molecule has 4 rings (SSSR count). The van der Waals surface area contributed by atoms with Crippen molar-refractivity contribution in [1.82, 2.24) is 0 Å². The molecule has 0 fully saturated rings. The minimum absolute atomic E-state index is 0.0801. The molecule has 29 heavy (non-hydrogen) atoms. The summed E-state index contributed by atoms with van der Waals surface area (Å²) in [5.74, 6) is 0. The molecule has 0 amide bonds. The first-order chi connectivity index (χ1) is 14.1. The summed E-state index contributed by atoms with van der Waals surface area (Å²) < 4.78 is 33.8. The van der Waals surface area contributed by atoms with Gasteiger partial charge in [-0.05, 0) is 35.5 Å². The standard InChI is InChI=1S/C24H19O3PS/c25-29(26,27)24-18-10-8-16-22(24)21-15-7-9-17-23(21)28(19-11-3-1-4-12-19)20-13-5-2-6-14-20/h1-18H,(H,25,26,27). The Morgan fingerprint density at radius 2 is 1.00 bits per heavy atom. The summed E-state index contributed by atoms with van der Waals surface area (Å²) in [4.78, 5) is -0.0801. The van der Waals surface area contributed by atoms with Gasteiger partial charge in [0.05, 0.1) is 0 Å². The van der Waals surface area contributed by atoms with E-state index in [1.54, 1.807) is 18.2 Å². The van der Waals surface area contributed by atoms with Gasteiger partial charge in [-0.2, -0.15) is 8.42 Å². The number of benzene rings is 4. The fraction of sp³-hybridized carbons (Fsp3) is 0. The average Bonchev–Trinajstić information content (AvgIpc) is 2.75. The van der Waals surface area contributed by atoms with Crippen molar-refractivity contribution >= 4 is 34.0 Å². The summed E-state index contributed by atoms with van der Waals surface area (Å²) in [5, 5.41) is 3.38. The van der Waals surface area contributed by atoms with E-state index >= 15 is 0 Å². The first-order valence-corrected chi connectivity index (χ1v) is 11.9. The lowest BCUT2D eigenvalue weighted by atomic mass is 10.1. The molecule has 0 spiro atoms. The number of hydrogen-bond donors (Lipinski definition) is 1. The van der Waals surface area contributed by atoms with Crippen LogP contribution in [0.1, 0.15) is 0 Å². The SMILES string of the molecule is O=S(=O)(O)c1ccccc1-c1ccccc1P(c1ccccc1)c1ccccc1. The van der Waals surface area contributed by atoms with Gasteiger partial charge in [-0.1, -0.05) is 103 Å². The Labute approximate surface area is 172 Å². The van der Waals surface area contributed by atoms with Crippen LogP contribution in [-0.4, -0.2) is 13.0 Å². The van der Waals surface area contributed by atoms with E-state index in [1.165, 1.54) is 16.7 Å². The lowest BCUT2D eigenvalue weighted by Gasteiger charge is -2.23. The molecule has 5 heteroatoms. The van der Waals surface area contributed by atoms with Crippen LogP contribution < -0.4 is 15.9 Å². The molecule has 3 nitrogen and oxygen atoms in total. The molecule has 1 N–H and O–H groups in total. The molecule has 4 aromatic carbocycles. The predicted octanol–water partition coefficient (Wildman–Crippen LogP) is 4.36. The second-order valence-electron chi connectivity index (χ2n) is 6.49. The molecule has 0 saturated carbocycles. The zero-order chi connectivity index (χ0) is 20.3. The summed E-state index contributed by atoms with van der Waals surface area (Å²) in [5.41, 5.74) is 1.31. The zero-order valence-corrected chi connectivity index (χ0v) is 17.2. The van der Waals surface area contributed by atoms with Gasteiger partial charge in [-0.25, -0.2) is 0 Å². The van der Waals surface area contributed by atoms with E-state index in [0.717, 1.165) is 10.9 Å². The molecule has 0 heterocycles. The fourth-order valence-electron chi connectivity index (χ4n) is 3.39. The van der Waals surface area contributed by atoms with Gasteiger partial charge in [0.15, 0.2) is 0 Å². The van der Waals surface area contributed by atoms with Crippen LogP contribution >= 0.6 is 7.92 Å². The second-order valence-corrected chi connectivity index (χ2v) is 10.1. The average molecular weight is 418 g/mol. The van der Waals surface area contributed by atoms with E-state index in [1.807, 2.05) is 60.7 Å². The molecule has 0 atom stereocenters. The lowest BCUT2D eigenvalue weighted by molar-refractivity contribution is 0.483. The largest absolute Gasteiger partial charge is 0.295 e. The maximum Gasteiger partial charge on any atom is 0.295 e. The number of hydrogen-bond acceptors (Lipinski definition) is 2. The predicted molar refractivity (Wildman–Crippen MR) is 120 cm³/mol. The third-order valence-corrected chi connectivity index (χ3v) is 8.04. The topological polar surface area (TPSA) is 54.4 Å². The second kappa shape index (κ2) is 8.30. The molecule has 4 aromatic rings. The molecule has 0 aliphatic rings. The Balaban J connectivity index is 1.99. The molecule has 0 aliphatic heterocycles. The zero-order valence-electron chi connectivity index (χ0n) is 15.5. The van der Waals surface area contributed by atoms with E-state index in [4.69, 9.17) is 0 Å². The van der Waals surface area contributed by atoms with Crippen LogP contribution in [0.5, 0.6) is 0 Å². The molecule has 0 saturated heterocycles. The summed E-state index contributed by atoms with van der Waals surface area (Å²) in [7, 11) is -5.26. The molecule has 0 aromatic heterocycles. The van der Waals surface area contributed by atoms with Crippen molar-refractivity contribution in [3.05, 3.63) is 109 Å². The highest BCUT2D eigenvalue weighted by molar-refractivity contribution is 7.86. The smallest absolute Gasteiger partial charge is 0.282 e. The first kappa shape index (κ1) is 19.5. The Hall–Kier alpha value is -2.78. The van der Waals surface area contributed by atoms with Gasteiger partial charge in [-0.3, -0.25) is 4.55 Å². The molecule has 144 valence electrons. The summed E-state index contributed by atoms with van der Waals surface area (Å²) >= 11 is 0. The highest BCUT2D eigenvalue weighted by atomic mass is 32.2. The monoisotopic (exact) mass is 418 g/mol. The van der Waals surface area contributed by atoms with Crippen molar-refractivity contribution in [3.8, 4) is 11.1 Å². The van der Waals surface area contributed by atoms with Gasteiger partial charge in [0.1, 0.15) is 4.90 Å². The minimum atomic E-state index is -4.35. The Morgan fingerprint density at radius 1 is 0.552 bits per heavy atom. The maximum atomic E-state index is 12.0. The number of rotatable bonds is 5. The van der Waals surface area contributed by atoms with E-state index in [-0.39, 0.29) is 4.90 Å². The molecule has 0 radical (unpaired) electrons. The molecular formula is C24H19O3PS. The minimum Gasteiger partial charge on any atom is -0.282 e. The fourth-order valence-corrected chi connectivity index (χ4v) is 6.56. The van der Waals surface area contributed by atoms with E-state index < -0.39 is 18.0 Å². The summed E-state index contributed by atoms with van der Waals surface area (Å²) in [6.07, 6.45) is 0. The quantitative estimate of drug-likeness (QED) is 0.387. The van der Waals surface area contributed by atoms with Gasteiger partial charge < -0.3 is 0 Å². The van der Waals surface area contributed by atoms with Crippen LogP contribution in [0, 0.1) is 0 Å². The van der Waals surface area contributed by atoms with Crippen LogP contribution in [0.25, 0.3) is 11.1 Å². The van der Waals surface area contributed by atoms with E-state index in [9.17, 15) is 13.0 Å². The van der Waals surface area contributed by atoms with Gasteiger partial charge in [0, 0.05) is 5.56 Å². The van der Waals surface area contributed by atoms with Crippen molar-refractivity contribution in [2.45, 2.75) is 4.90 Å². The maximum absolute atomic E-state index is 12.0. The van der Waals surface area contributed by atoms with Gasteiger partial charge in [0.25, 0.3) is 10.1 Å². The third-order valence-electron chi connectivity index (χ3n) is 4.63. The highest BCUT2D eigenvalue weighted by Crippen LogP contribution is 2.38. The summed E-state index contributed by atoms with van der Waals surface area (Å²) in [6.45, 7) is 0. The van der Waals surface area contributed by atoms with Crippen molar-refractivity contribution < 1.29 is 13.0 Å². The van der Waals surface area contributed by atoms with Crippen LogP contribution in [0.3, 0.4) is 0 Å². The molecule has 0 unspecified atom stereocenters. The van der Waals surface area contributed by atoms with Crippen LogP contribution in [0.15, 0.2) is 114 Å². The Morgan fingerprint density at radius 3 is 1.55 bits per heavy atom. The van der Waals surface area contributed by atoms with Crippen molar-refractivity contribution in [3.63, 3.8) is 0 Å². The van der Waals surface area contributed by atoms with Crippen molar-refractivity contribution in [2.75, 3.05) is 0 Å². The van der Waals surface area contributed by atoms with Crippen LogP contribution in [0.2, 0.25) is 0 Å². The van der Waals surface area contributed by atoms with Crippen molar-refractivity contribution in [2.24, 2.45) is 0 Å². The molecular weight excluding hydrogens is 399 g/mol. The van der Waals surface area contributed by atoms with Crippen LogP contribution in [0.4, 0.5) is 0 Å². The lowest BCUT2D eigenvalue weighted by Crippen LogP contribution is -2.22. The Bertz CT molecular complexity index is 1180. The van der Waals surface area contributed by atoms with Gasteiger partial charge >= 0.3 is 0 Å². The van der Waals surface area contributed by atoms with E-state index in [2.05, 4.69) is 24.3 Å². The van der Waals surface area contributed by atoms with Crippen LogP contribution in [-0.2, 0) is 10.1 Å². The van der Waals surface area contributed by atoms with Gasteiger partial charge in [0.2, 0.25) is 0 Å². The normalized spacial score (nSPS) is 11.5. The highest BCUT2D eigenvalue weighted by Gasteiger charge is 2.23. The third kappa shape index (κ3) is 4.15. The van der Waals surface area contributed by atoms with Crippen molar-refractivity contribution in [1.29, 1.82) is 0 Å². The van der Waals surface area contributed by atoms with E-state index in [0.29, 0.717) is 5.56 Å². The Kier molecular flexibility index (Phi) is 5.59. The molecule has 0 bridgehead atoms. The van der Waals surface area contributed by atoms with Gasteiger partial charge in [-0.15, -0.1) is 0 Å². The molecule has 0 aliphatic carbocycles. The first-order valence-electron chi connectivity index (χ1n) is 9.12. The summed E-state index contributed by atoms with van der Waals surface area (Å²) in [6, 6.07) is 34.9.